The van der Waals surface area contributed by atoms with Crippen LogP contribution in [0.4, 0.5) is 11.4 Å². The van der Waals surface area contributed by atoms with Gasteiger partial charge in [0.2, 0.25) is 0 Å². The molecule has 0 atom stereocenters. The molecule has 0 spiro atoms. The molecule has 36 heavy (non-hydrogen) atoms. The van der Waals surface area contributed by atoms with Crippen LogP contribution in [-0.2, 0) is 25.7 Å². The number of fused-ring (bicyclic) bond motifs is 8. The third-order valence-electron chi connectivity index (χ3n) is 6.87. The first-order chi connectivity index (χ1) is 17.4. The average molecular weight is 483 g/mol. The first-order valence-corrected chi connectivity index (χ1v) is 11.9. The zero-order valence-electron chi connectivity index (χ0n) is 20.5. The van der Waals surface area contributed by atoms with Gasteiger partial charge in [0.05, 0.1) is 14.2 Å². The first-order valence-electron chi connectivity index (χ1n) is 11.9. The summed E-state index contributed by atoms with van der Waals surface area (Å²) in [6.07, 6.45) is 1.75. The summed E-state index contributed by atoms with van der Waals surface area (Å²) >= 11 is 0. The minimum Gasteiger partial charge on any atom is -0.507 e. The molecular formula is C30H30N2O4. The highest BCUT2D eigenvalue weighted by molar-refractivity contribution is 5.61. The summed E-state index contributed by atoms with van der Waals surface area (Å²) in [5.74, 6) is 1.85. The molecule has 4 aromatic carbocycles. The standard InChI is InChI=1S/C30H30N2O4/c1-35-29-21-9-17-5-3-7-19(27(17)33)11-23-15-26(32)16-24(30(23)36-2)12-20-8-4-6-18(28(20)34)10-22(29)14-25(31)13-21/h3-8,13-16,33-34H,9-12,31-32H2,1-2H3. The maximum absolute atomic E-state index is 11.3. The number of hydrogen-bond donors (Lipinski definition) is 4. The Balaban J connectivity index is 1.77. The van der Waals surface area contributed by atoms with E-state index in [1.54, 1.807) is 14.2 Å². The van der Waals surface area contributed by atoms with Gasteiger partial charge in [-0.2, -0.15) is 0 Å². The molecule has 0 aromatic heterocycles. The van der Waals surface area contributed by atoms with E-state index >= 15 is 0 Å². The molecule has 0 saturated carbocycles. The number of para-hydroxylation sites is 2. The van der Waals surface area contributed by atoms with Crippen molar-refractivity contribution in [1.82, 2.24) is 0 Å². The number of anilines is 2. The summed E-state index contributed by atoms with van der Waals surface area (Å²) in [5.41, 5.74) is 20.3. The highest BCUT2D eigenvalue weighted by Gasteiger charge is 2.20. The number of phenols is 2. The molecule has 0 amide bonds. The average Bonchev–Trinajstić information content (AvgIpc) is 2.83. The molecular weight excluding hydrogens is 452 g/mol. The summed E-state index contributed by atoms with van der Waals surface area (Å²) in [7, 11) is 3.26. The molecule has 1 aliphatic carbocycles. The van der Waals surface area contributed by atoms with Gasteiger partial charge < -0.3 is 31.2 Å². The molecule has 0 radical (unpaired) electrons. The molecule has 8 bridgehead atoms. The SMILES string of the molecule is COc1c2cc(N)cc1Cc1cccc(c1O)Cc1cc(N)cc(c1OC)Cc1cccc(c1O)C2. The van der Waals surface area contributed by atoms with Crippen molar-refractivity contribution in [2.45, 2.75) is 25.7 Å². The largest absolute Gasteiger partial charge is 0.507 e. The number of methoxy groups -OCH3 is 2. The predicted octanol–water partition coefficient (Wildman–Crippen LogP) is 4.96. The number of nitrogen functional groups attached to an aromatic ring is 2. The normalized spacial score (nSPS) is 12.7. The number of phenolic OH excluding ortho intramolecular Hbond substituents is 2. The Morgan fingerprint density at radius 1 is 0.528 bits per heavy atom. The first kappa shape index (κ1) is 23.4. The molecule has 6 N–H and O–H groups in total. The second kappa shape index (κ2) is 9.38. The summed E-state index contributed by atoms with van der Waals surface area (Å²) in [5, 5.41) is 22.5. The fraction of sp³-hybridized carbons (Fsp3) is 0.200. The van der Waals surface area contributed by atoms with Crippen molar-refractivity contribution in [3.05, 3.63) is 105 Å². The van der Waals surface area contributed by atoms with E-state index < -0.39 is 0 Å². The molecule has 6 heteroatoms. The predicted molar refractivity (Wildman–Crippen MR) is 142 cm³/mol. The second-order valence-electron chi connectivity index (χ2n) is 9.30. The Hall–Kier alpha value is -4.32. The molecule has 184 valence electrons. The van der Waals surface area contributed by atoms with Gasteiger partial charge in [0.1, 0.15) is 23.0 Å². The van der Waals surface area contributed by atoms with Crippen LogP contribution < -0.4 is 20.9 Å². The Morgan fingerprint density at radius 2 is 0.806 bits per heavy atom. The maximum Gasteiger partial charge on any atom is 0.126 e. The van der Waals surface area contributed by atoms with Crippen molar-refractivity contribution in [2.75, 3.05) is 25.7 Å². The van der Waals surface area contributed by atoms with E-state index in [0.717, 1.165) is 44.5 Å². The van der Waals surface area contributed by atoms with Crippen LogP contribution in [-0.4, -0.2) is 24.4 Å². The van der Waals surface area contributed by atoms with Crippen LogP contribution in [0.2, 0.25) is 0 Å². The zero-order valence-corrected chi connectivity index (χ0v) is 20.5. The lowest BCUT2D eigenvalue weighted by atomic mass is 9.91. The van der Waals surface area contributed by atoms with Crippen molar-refractivity contribution in [2.24, 2.45) is 0 Å². The molecule has 0 aliphatic heterocycles. The van der Waals surface area contributed by atoms with Gasteiger partial charge >= 0.3 is 0 Å². The molecule has 1 aliphatic rings. The minimum atomic E-state index is 0.226. The van der Waals surface area contributed by atoms with E-state index in [1.807, 2.05) is 60.7 Å². The van der Waals surface area contributed by atoms with Crippen LogP contribution in [0.5, 0.6) is 23.0 Å². The molecule has 0 unspecified atom stereocenters. The van der Waals surface area contributed by atoms with Crippen molar-refractivity contribution in [3.8, 4) is 23.0 Å². The molecule has 6 nitrogen and oxygen atoms in total. The lowest BCUT2D eigenvalue weighted by Gasteiger charge is -2.20. The highest BCUT2D eigenvalue weighted by Crippen LogP contribution is 2.39. The van der Waals surface area contributed by atoms with Crippen LogP contribution in [0.3, 0.4) is 0 Å². The topological polar surface area (TPSA) is 111 Å². The van der Waals surface area contributed by atoms with Crippen LogP contribution in [0.15, 0.2) is 60.7 Å². The smallest absolute Gasteiger partial charge is 0.126 e. The Morgan fingerprint density at radius 3 is 1.06 bits per heavy atom. The van der Waals surface area contributed by atoms with Crippen molar-refractivity contribution in [1.29, 1.82) is 0 Å². The molecule has 5 rings (SSSR count). The second-order valence-corrected chi connectivity index (χ2v) is 9.30. The quantitative estimate of drug-likeness (QED) is 0.265. The van der Waals surface area contributed by atoms with E-state index in [-0.39, 0.29) is 11.5 Å². The van der Waals surface area contributed by atoms with Crippen LogP contribution in [0.1, 0.15) is 44.5 Å². The van der Waals surface area contributed by atoms with Crippen LogP contribution in [0.25, 0.3) is 0 Å². The number of rotatable bonds is 2. The fourth-order valence-corrected chi connectivity index (χ4v) is 5.29. The Kier molecular flexibility index (Phi) is 6.10. The van der Waals surface area contributed by atoms with Gasteiger partial charge in [0, 0.05) is 59.3 Å². The van der Waals surface area contributed by atoms with E-state index in [1.165, 1.54) is 0 Å². The highest BCUT2D eigenvalue weighted by atomic mass is 16.5. The molecule has 0 saturated heterocycles. The number of benzene rings is 4. The lowest BCUT2D eigenvalue weighted by molar-refractivity contribution is 0.404. The van der Waals surface area contributed by atoms with Gasteiger partial charge in [-0.3, -0.25) is 0 Å². The molecule has 0 fully saturated rings. The van der Waals surface area contributed by atoms with Crippen LogP contribution in [0, 0.1) is 0 Å². The Bertz CT molecular complexity index is 1260. The van der Waals surface area contributed by atoms with Crippen molar-refractivity contribution in [3.63, 3.8) is 0 Å². The molecule has 4 aromatic rings. The van der Waals surface area contributed by atoms with Gasteiger partial charge in [0.15, 0.2) is 0 Å². The number of hydrogen-bond acceptors (Lipinski definition) is 6. The maximum atomic E-state index is 11.3. The number of ether oxygens (including phenoxy) is 2. The van der Waals surface area contributed by atoms with E-state index in [9.17, 15) is 10.2 Å². The van der Waals surface area contributed by atoms with Crippen molar-refractivity contribution >= 4 is 11.4 Å². The lowest BCUT2D eigenvalue weighted by Crippen LogP contribution is -2.05. The van der Waals surface area contributed by atoms with Gasteiger partial charge in [-0.15, -0.1) is 0 Å². The third-order valence-corrected chi connectivity index (χ3v) is 6.87. The van der Waals surface area contributed by atoms with Gasteiger partial charge in [-0.1, -0.05) is 36.4 Å². The van der Waals surface area contributed by atoms with E-state index in [0.29, 0.717) is 48.6 Å². The summed E-state index contributed by atoms with van der Waals surface area (Å²) < 4.78 is 11.7. The fourth-order valence-electron chi connectivity index (χ4n) is 5.29. The summed E-state index contributed by atoms with van der Waals surface area (Å²) in [4.78, 5) is 0. The monoisotopic (exact) mass is 482 g/mol. The van der Waals surface area contributed by atoms with Gasteiger partial charge in [-0.05, 0) is 46.5 Å². The number of aromatic hydroxyl groups is 2. The zero-order chi connectivity index (χ0) is 25.4. The van der Waals surface area contributed by atoms with E-state index in [4.69, 9.17) is 20.9 Å². The molecule has 0 heterocycles. The van der Waals surface area contributed by atoms with Crippen LogP contribution >= 0.6 is 0 Å². The third kappa shape index (κ3) is 4.26. The van der Waals surface area contributed by atoms with Gasteiger partial charge in [-0.25, -0.2) is 0 Å². The summed E-state index contributed by atoms with van der Waals surface area (Å²) in [6, 6.07) is 19.0. The number of nitrogens with two attached hydrogens (primary N) is 2. The van der Waals surface area contributed by atoms with Gasteiger partial charge in [0.25, 0.3) is 0 Å². The minimum absolute atomic E-state index is 0.226. The summed E-state index contributed by atoms with van der Waals surface area (Å²) in [6.45, 7) is 0. The Labute approximate surface area is 210 Å². The van der Waals surface area contributed by atoms with Crippen molar-refractivity contribution < 1.29 is 19.7 Å². The van der Waals surface area contributed by atoms with E-state index in [2.05, 4.69) is 0 Å².